The van der Waals surface area contributed by atoms with Crippen molar-refractivity contribution in [2.75, 3.05) is 0 Å². The van der Waals surface area contributed by atoms with Crippen LogP contribution in [0.25, 0.3) is 0 Å². The summed E-state index contributed by atoms with van der Waals surface area (Å²) in [4.78, 5) is 0. The molecule has 0 aromatic heterocycles. The Hall–Kier alpha value is -0.570. The standard InChI is InChI=1S/C12H17ClO2/c1-7(2)11(14)12(15)9-5-4-8(3)10(13)6-9/h4-7,11-12,14-15H,1-3H3. The maximum absolute atomic E-state index is 9.87. The third kappa shape index (κ3) is 2.94. The third-order valence-electron chi connectivity index (χ3n) is 2.54. The molecule has 84 valence electrons. The first-order valence-corrected chi connectivity index (χ1v) is 5.43. The molecule has 0 heterocycles. The van der Waals surface area contributed by atoms with E-state index in [-0.39, 0.29) is 5.92 Å². The van der Waals surface area contributed by atoms with Gasteiger partial charge < -0.3 is 10.2 Å². The number of aryl methyl sites for hydroxylation is 1. The predicted octanol–water partition coefficient (Wildman–Crippen LogP) is 2.70. The zero-order chi connectivity index (χ0) is 11.6. The molecule has 0 aliphatic heterocycles. The van der Waals surface area contributed by atoms with Gasteiger partial charge in [-0.3, -0.25) is 0 Å². The summed E-state index contributed by atoms with van der Waals surface area (Å²) in [6, 6.07) is 5.33. The highest BCUT2D eigenvalue weighted by Crippen LogP contribution is 2.25. The van der Waals surface area contributed by atoms with Crippen LogP contribution >= 0.6 is 11.6 Å². The van der Waals surface area contributed by atoms with Gasteiger partial charge in [0.25, 0.3) is 0 Å². The molecule has 0 radical (unpaired) electrons. The van der Waals surface area contributed by atoms with Crippen LogP contribution in [-0.2, 0) is 0 Å². The molecule has 1 rings (SSSR count). The molecular weight excluding hydrogens is 212 g/mol. The Morgan fingerprint density at radius 3 is 2.27 bits per heavy atom. The molecule has 0 saturated carbocycles. The Morgan fingerprint density at radius 2 is 1.80 bits per heavy atom. The van der Waals surface area contributed by atoms with Crippen LogP contribution in [0.4, 0.5) is 0 Å². The minimum atomic E-state index is -0.872. The Bertz CT molecular complexity index is 336. The fourth-order valence-electron chi connectivity index (χ4n) is 1.35. The van der Waals surface area contributed by atoms with Crippen molar-refractivity contribution in [3.8, 4) is 0 Å². The topological polar surface area (TPSA) is 40.5 Å². The quantitative estimate of drug-likeness (QED) is 0.835. The van der Waals surface area contributed by atoms with E-state index in [4.69, 9.17) is 11.6 Å². The van der Waals surface area contributed by atoms with Crippen molar-refractivity contribution in [3.05, 3.63) is 34.3 Å². The van der Waals surface area contributed by atoms with Crippen molar-refractivity contribution in [1.29, 1.82) is 0 Å². The zero-order valence-corrected chi connectivity index (χ0v) is 9.99. The summed E-state index contributed by atoms with van der Waals surface area (Å²) < 4.78 is 0. The van der Waals surface area contributed by atoms with Crippen molar-refractivity contribution in [1.82, 2.24) is 0 Å². The molecule has 1 aromatic rings. The minimum Gasteiger partial charge on any atom is -0.390 e. The van der Waals surface area contributed by atoms with Crippen LogP contribution < -0.4 is 0 Å². The second-order valence-corrected chi connectivity index (χ2v) is 4.60. The highest BCUT2D eigenvalue weighted by Gasteiger charge is 2.21. The molecule has 0 aliphatic rings. The first kappa shape index (κ1) is 12.5. The molecule has 2 N–H and O–H groups in total. The van der Waals surface area contributed by atoms with Crippen LogP contribution in [0.3, 0.4) is 0 Å². The van der Waals surface area contributed by atoms with Crippen LogP contribution in [0.15, 0.2) is 18.2 Å². The average molecular weight is 229 g/mol. The number of rotatable bonds is 3. The number of aliphatic hydroxyl groups is 2. The van der Waals surface area contributed by atoms with E-state index < -0.39 is 12.2 Å². The molecule has 1 aromatic carbocycles. The van der Waals surface area contributed by atoms with Crippen LogP contribution in [0, 0.1) is 12.8 Å². The van der Waals surface area contributed by atoms with E-state index in [9.17, 15) is 10.2 Å². The van der Waals surface area contributed by atoms with Crippen molar-refractivity contribution in [3.63, 3.8) is 0 Å². The zero-order valence-electron chi connectivity index (χ0n) is 9.24. The highest BCUT2D eigenvalue weighted by atomic mass is 35.5. The molecule has 0 saturated heterocycles. The maximum Gasteiger partial charge on any atom is 0.105 e. The van der Waals surface area contributed by atoms with Gasteiger partial charge in [-0.25, -0.2) is 0 Å². The summed E-state index contributed by atoms with van der Waals surface area (Å²) >= 11 is 5.95. The lowest BCUT2D eigenvalue weighted by atomic mass is 9.96. The summed E-state index contributed by atoms with van der Waals surface area (Å²) in [7, 11) is 0. The number of halogens is 1. The van der Waals surface area contributed by atoms with Gasteiger partial charge in [0, 0.05) is 5.02 Å². The van der Waals surface area contributed by atoms with E-state index in [1.807, 2.05) is 26.8 Å². The highest BCUT2D eigenvalue weighted by molar-refractivity contribution is 6.31. The summed E-state index contributed by atoms with van der Waals surface area (Å²) in [6.07, 6.45) is -1.63. The van der Waals surface area contributed by atoms with Crippen molar-refractivity contribution in [2.24, 2.45) is 5.92 Å². The van der Waals surface area contributed by atoms with Crippen LogP contribution in [0.1, 0.15) is 31.1 Å². The van der Waals surface area contributed by atoms with Crippen LogP contribution in [0.2, 0.25) is 5.02 Å². The van der Waals surface area contributed by atoms with Crippen LogP contribution in [-0.4, -0.2) is 16.3 Å². The van der Waals surface area contributed by atoms with Gasteiger partial charge in [-0.15, -0.1) is 0 Å². The largest absolute Gasteiger partial charge is 0.390 e. The van der Waals surface area contributed by atoms with E-state index in [1.54, 1.807) is 12.1 Å². The molecule has 15 heavy (non-hydrogen) atoms. The number of hydrogen-bond donors (Lipinski definition) is 2. The van der Waals surface area contributed by atoms with E-state index in [2.05, 4.69) is 0 Å². The fraction of sp³-hybridized carbons (Fsp3) is 0.500. The lowest BCUT2D eigenvalue weighted by molar-refractivity contribution is -0.00939. The summed E-state index contributed by atoms with van der Waals surface area (Å²) in [5.74, 6) is 0.0140. The molecule has 2 unspecified atom stereocenters. The van der Waals surface area contributed by atoms with E-state index in [0.717, 1.165) is 5.56 Å². The second kappa shape index (κ2) is 4.97. The van der Waals surface area contributed by atoms with E-state index in [0.29, 0.717) is 10.6 Å². The van der Waals surface area contributed by atoms with Gasteiger partial charge in [-0.05, 0) is 30.0 Å². The molecule has 0 bridgehead atoms. The normalized spacial score (nSPS) is 15.4. The first-order chi connectivity index (χ1) is 6.93. The van der Waals surface area contributed by atoms with Crippen LogP contribution in [0.5, 0.6) is 0 Å². The number of hydrogen-bond acceptors (Lipinski definition) is 2. The molecular formula is C12H17ClO2. The molecule has 2 atom stereocenters. The Balaban J connectivity index is 2.91. The summed E-state index contributed by atoms with van der Waals surface area (Å²) in [5, 5.41) is 20.2. The smallest absolute Gasteiger partial charge is 0.105 e. The molecule has 2 nitrogen and oxygen atoms in total. The van der Waals surface area contributed by atoms with Gasteiger partial charge in [-0.1, -0.05) is 37.6 Å². The summed E-state index contributed by atoms with van der Waals surface area (Å²) in [6.45, 7) is 5.63. The Morgan fingerprint density at radius 1 is 1.20 bits per heavy atom. The van der Waals surface area contributed by atoms with E-state index in [1.165, 1.54) is 0 Å². The van der Waals surface area contributed by atoms with Gasteiger partial charge in [-0.2, -0.15) is 0 Å². The second-order valence-electron chi connectivity index (χ2n) is 4.19. The monoisotopic (exact) mass is 228 g/mol. The van der Waals surface area contributed by atoms with Gasteiger partial charge >= 0.3 is 0 Å². The third-order valence-corrected chi connectivity index (χ3v) is 2.95. The van der Waals surface area contributed by atoms with Crippen molar-refractivity contribution < 1.29 is 10.2 Å². The molecule has 0 aliphatic carbocycles. The molecule has 0 spiro atoms. The molecule has 0 fully saturated rings. The first-order valence-electron chi connectivity index (χ1n) is 5.05. The Kier molecular flexibility index (Phi) is 4.14. The van der Waals surface area contributed by atoms with Gasteiger partial charge in [0.15, 0.2) is 0 Å². The SMILES string of the molecule is Cc1ccc(C(O)C(O)C(C)C)cc1Cl. The molecule has 3 heteroatoms. The predicted molar refractivity (Wildman–Crippen MR) is 62.0 cm³/mol. The summed E-state index contributed by atoms with van der Waals surface area (Å²) in [5.41, 5.74) is 1.62. The lowest BCUT2D eigenvalue weighted by Crippen LogP contribution is -2.23. The van der Waals surface area contributed by atoms with E-state index >= 15 is 0 Å². The van der Waals surface area contributed by atoms with Crippen molar-refractivity contribution in [2.45, 2.75) is 33.0 Å². The number of aliphatic hydroxyl groups excluding tert-OH is 2. The minimum absolute atomic E-state index is 0.0140. The van der Waals surface area contributed by atoms with Crippen molar-refractivity contribution >= 4 is 11.6 Å². The lowest BCUT2D eigenvalue weighted by Gasteiger charge is -2.21. The number of benzene rings is 1. The fourth-order valence-corrected chi connectivity index (χ4v) is 1.54. The van der Waals surface area contributed by atoms with Gasteiger partial charge in [0.2, 0.25) is 0 Å². The van der Waals surface area contributed by atoms with Gasteiger partial charge in [0.1, 0.15) is 6.10 Å². The average Bonchev–Trinajstić information content (AvgIpc) is 2.19. The molecule has 0 amide bonds. The Labute approximate surface area is 95.5 Å². The maximum atomic E-state index is 9.87. The van der Waals surface area contributed by atoms with Gasteiger partial charge in [0.05, 0.1) is 6.10 Å².